The molecule has 0 amide bonds. The Morgan fingerprint density at radius 2 is 2.19 bits per heavy atom. The van der Waals surface area contributed by atoms with Crippen molar-refractivity contribution in [2.45, 2.75) is 31.5 Å². The molecule has 0 N–H and O–H groups in total. The fourth-order valence-electron chi connectivity index (χ4n) is 1.73. The van der Waals surface area contributed by atoms with E-state index in [2.05, 4.69) is 44.0 Å². The van der Waals surface area contributed by atoms with Crippen LogP contribution in [0.1, 0.15) is 26.3 Å². The van der Waals surface area contributed by atoms with E-state index in [0.717, 1.165) is 23.6 Å². The Bertz CT molecular complexity index is 474. The quantitative estimate of drug-likeness (QED) is 0.736. The molecule has 2 aromatic rings. The lowest BCUT2D eigenvalue weighted by Crippen LogP contribution is -1.92. The van der Waals surface area contributed by atoms with Crippen LogP contribution in [0.15, 0.2) is 22.5 Å². The molecular weight excluding hydrogens is 234 g/mol. The minimum Gasteiger partial charge on any atom is -0.230 e. The fourth-order valence-corrected chi connectivity index (χ4v) is 3.76. The molecule has 1 aromatic heterocycles. The smallest absolute Gasteiger partial charge is 0.151 e. The molecule has 0 unspecified atom stereocenters. The molecule has 0 aliphatic heterocycles. The number of hydrogen-bond acceptors (Lipinski definition) is 3. The molecule has 0 spiro atoms. The van der Waals surface area contributed by atoms with Crippen molar-refractivity contribution in [3.05, 3.63) is 23.8 Å². The van der Waals surface area contributed by atoms with Crippen molar-refractivity contribution in [2.24, 2.45) is 5.92 Å². The van der Waals surface area contributed by atoms with Crippen LogP contribution in [0.25, 0.3) is 10.2 Å². The van der Waals surface area contributed by atoms with Crippen molar-refractivity contribution in [2.75, 3.05) is 5.75 Å². The Hall–Kier alpha value is -0.540. The maximum Gasteiger partial charge on any atom is 0.151 e. The predicted molar refractivity (Wildman–Crippen MR) is 74.6 cm³/mol. The summed E-state index contributed by atoms with van der Waals surface area (Å²) in [6, 6.07) is 6.67. The number of thioether (sulfide) groups is 1. The maximum atomic E-state index is 4.60. The molecule has 1 heterocycles. The van der Waals surface area contributed by atoms with Crippen molar-refractivity contribution < 1.29 is 0 Å². The van der Waals surface area contributed by atoms with E-state index in [0.29, 0.717) is 0 Å². The molecule has 3 heteroatoms. The van der Waals surface area contributed by atoms with Crippen LogP contribution in [-0.4, -0.2) is 10.7 Å². The molecule has 0 aliphatic carbocycles. The zero-order valence-corrected chi connectivity index (χ0v) is 11.6. The molecule has 0 saturated carbocycles. The van der Waals surface area contributed by atoms with Crippen molar-refractivity contribution in [3.63, 3.8) is 0 Å². The summed E-state index contributed by atoms with van der Waals surface area (Å²) in [4.78, 5) is 4.60. The third-order valence-electron chi connectivity index (χ3n) is 2.34. The van der Waals surface area contributed by atoms with Crippen LogP contribution >= 0.6 is 23.1 Å². The molecule has 0 fully saturated rings. The van der Waals surface area contributed by atoms with Gasteiger partial charge in [0.2, 0.25) is 0 Å². The Kier molecular flexibility index (Phi) is 3.87. The standard InChI is InChI=1S/C13H17NS2/c1-4-15-13-14-11-6-5-10(7-9(2)3)8-12(11)16-13/h5-6,8-9H,4,7H2,1-3H3. The first kappa shape index (κ1) is 11.9. The van der Waals surface area contributed by atoms with Crippen LogP contribution in [0.4, 0.5) is 0 Å². The van der Waals surface area contributed by atoms with Gasteiger partial charge in [0, 0.05) is 0 Å². The predicted octanol–water partition coefficient (Wildman–Crippen LogP) is 4.61. The summed E-state index contributed by atoms with van der Waals surface area (Å²) in [6.45, 7) is 6.69. The SMILES string of the molecule is CCSc1nc2ccc(CC(C)C)cc2s1. The number of benzene rings is 1. The molecule has 0 atom stereocenters. The van der Waals surface area contributed by atoms with Gasteiger partial charge >= 0.3 is 0 Å². The van der Waals surface area contributed by atoms with Crippen LogP contribution in [0.3, 0.4) is 0 Å². The second-order valence-corrected chi connectivity index (χ2v) is 6.85. The highest BCUT2D eigenvalue weighted by Gasteiger charge is 2.05. The van der Waals surface area contributed by atoms with E-state index in [4.69, 9.17) is 0 Å². The third kappa shape index (κ3) is 2.77. The van der Waals surface area contributed by atoms with Gasteiger partial charge in [0.1, 0.15) is 0 Å². The monoisotopic (exact) mass is 251 g/mol. The minimum atomic E-state index is 0.717. The summed E-state index contributed by atoms with van der Waals surface area (Å²) in [5.74, 6) is 1.81. The largest absolute Gasteiger partial charge is 0.230 e. The lowest BCUT2D eigenvalue weighted by molar-refractivity contribution is 0.648. The van der Waals surface area contributed by atoms with Gasteiger partial charge in [0.15, 0.2) is 4.34 Å². The van der Waals surface area contributed by atoms with Gasteiger partial charge in [-0.05, 0) is 35.8 Å². The van der Waals surface area contributed by atoms with Gasteiger partial charge in [0.05, 0.1) is 10.2 Å². The highest BCUT2D eigenvalue weighted by atomic mass is 32.2. The van der Waals surface area contributed by atoms with Crippen LogP contribution in [0.5, 0.6) is 0 Å². The highest BCUT2D eigenvalue weighted by Crippen LogP contribution is 2.30. The van der Waals surface area contributed by atoms with Crippen molar-refractivity contribution in [1.82, 2.24) is 4.98 Å². The van der Waals surface area contributed by atoms with Gasteiger partial charge in [-0.1, -0.05) is 38.6 Å². The van der Waals surface area contributed by atoms with E-state index in [9.17, 15) is 0 Å². The van der Waals surface area contributed by atoms with Crippen LogP contribution in [-0.2, 0) is 6.42 Å². The number of hydrogen-bond donors (Lipinski definition) is 0. The van der Waals surface area contributed by atoms with E-state index in [1.165, 1.54) is 14.6 Å². The van der Waals surface area contributed by atoms with Gasteiger partial charge in [-0.2, -0.15) is 0 Å². The van der Waals surface area contributed by atoms with Crippen LogP contribution in [0, 0.1) is 5.92 Å². The molecule has 0 aliphatic rings. The molecule has 0 bridgehead atoms. The van der Waals surface area contributed by atoms with Gasteiger partial charge < -0.3 is 0 Å². The summed E-state index contributed by atoms with van der Waals surface area (Å²) in [5.41, 5.74) is 2.58. The van der Waals surface area contributed by atoms with E-state index in [1.54, 1.807) is 0 Å². The Morgan fingerprint density at radius 1 is 1.38 bits per heavy atom. The molecule has 0 radical (unpaired) electrons. The van der Waals surface area contributed by atoms with Gasteiger partial charge in [-0.15, -0.1) is 11.3 Å². The Labute approximate surface area is 105 Å². The highest BCUT2D eigenvalue weighted by molar-refractivity contribution is 8.01. The molecule has 0 saturated heterocycles. The average molecular weight is 251 g/mol. The topological polar surface area (TPSA) is 12.9 Å². The van der Waals surface area contributed by atoms with E-state index >= 15 is 0 Å². The fraction of sp³-hybridized carbons (Fsp3) is 0.462. The van der Waals surface area contributed by atoms with Gasteiger partial charge in [-0.3, -0.25) is 0 Å². The van der Waals surface area contributed by atoms with E-state index in [-0.39, 0.29) is 0 Å². The third-order valence-corrected chi connectivity index (χ3v) is 4.39. The maximum absolute atomic E-state index is 4.60. The molecular formula is C13H17NS2. The zero-order valence-electron chi connectivity index (χ0n) is 9.99. The second kappa shape index (κ2) is 5.19. The van der Waals surface area contributed by atoms with Crippen molar-refractivity contribution >= 4 is 33.3 Å². The number of aromatic nitrogens is 1. The summed E-state index contributed by atoms with van der Waals surface area (Å²) in [7, 11) is 0. The first-order chi connectivity index (χ1) is 7.69. The summed E-state index contributed by atoms with van der Waals surface area (Å²) in [5, 5.41) is 0. The molecule has 2 rings (SSSR count). The van der Waals surface area contributed by atoms with Gasteiger partial charge in [0.25, 0.3) is 0 Å². The molecule has 16 heavy (non-hydrogen) atoms. The average Bonchev–Trinajstić information content (AvgIpc) is 2.59. The van der Waals surface area contributed by atoms with Crippen molar-refractivity contribution in [1.29, 1.82) is 0 Å². The van der Waals surface area contributed by atoms with Gasteiger partial charge in [-0.25, -0.2) is 4.98 Å². The molecule has 86 valence electrons. The molecule has 1 aromatic carbocycles. The number of rotatable bonds is 4. The summed E-state index contributed by atoms with van der Waals surface area (Å²) < 4.78 is 2.52. The molecule has 1 nitrogen and oxygen atoms in total. The number of thiazole rings is 1. The van der Waals surface area contributed by atoms with E-state index in [1.807, 2.05) is 23.1 Å². The zero-order chi connectivity index (χ0) is 11.5. The van der Waals surface area contributed by atoms with Crippen molar-refractivity contribution in [3.8, 4) is 0 Å². The number of fused-ring (bicyclic) bond motifs is 1. The minimum absolute atomic E-state index is 0.717. The first-order valence-corrected chi connectivity index (χ1v) is 7.51. The lowest BCUT2D eigenvalue weighted by atomic mass is 10.0. The summed E-state index contributed by atoms with van der Waals surface area (Å²) in [6.07, 6.45) is 1.16. The first-order valence-electron chi connectivity index (χ1n) is 5.71. The lowest BCUT2D eigenvalue weighted by Gasteiger charge is -2.03. The van der Waals surface area contributed by atoms with Crippen LogP contribution < -0.4 is 0 Å². The number of nitrogens with zero attached hydrogens (tertiary/aromatic N) is 1. The van der Waals surface area contributed by atoms with Crippen LogP contribution in [0.2, 0.25) is 0 Å². The second-order valence-electron chi connectivity index (χ2n) is 4.31. The normalized spacial score (nSPS) is 11.5. The Morgan fingerprint density at radius 3 is 2.88 bits per heavy atom. The van der Waals surface area contributed by atoms with E-state index < -0.39 is 0 Å². The Balaban J connectivity index is 2.30. The summed E-state index contributed by atoms with van der Waals surface area (Å²) >= 11 is 3.64.